The highest BCUT2D eigenvalue weighted by molar-refractivity contribution is 5.67. The van der Waals surface area contributed by atoms with Crippen LogP contribution < -0.4 is 0 Å². The van der Waals surface area contributed by atoms with Crippen LogP contribution in [0.15, 0.2) is 91.0 Å². The second kappa shape index (κ2) is 6.71. The Morgan fingerprint density at radius 3 is 2.05 bits per heavy atom. The summed E-state index contributed by atoms with van der Waals surface area (Å²) in [5, 5.41) is 0. The molecule has 0 aliphatic carbocycles. The molecule has 0 unspecified atom stereocenters. The zero-order valence-electron chi connectivity index (χ0n) is 11.9. The molecular formula is C21H18. The van der Waals surface area contributed by atoms with E-state index in [0.717, 1.165) is 6.42 Å². The molecule has 102 valence electrons. The van der Waals surface area contributed by atoms with Gasteiger partial charge in [-0.05, 0) is 34.7 Å². The summed E-state index contributed by atoms with van der Waals surface area (Å²) in [7, 11) is 0. The smallest absolute Gasteiger partial charge is 0.00941 e. The van der Waals surface area contributed by atoms with Crippen molar-refractivity contribution in [2.24, 2.45) is 0 Å². The fraction of sp³-hybridized carbons (Fsp3) is 0.0476. The van der Waals surface area contributed by atoms with Crippen LogP contribution in [0.25, 0.3) is 17.2 Å². The monoisotopic (exact) mass is 270 g/mol. The van der Waals surface area contributed by atoms with Gasteiger partial charge in [-0.15, -0.1) is 0 Å². The molecule has 0 spiro atoms. The van der Waals surface area contributed by atoms with E-state index in [4.69, 9.17) is 0 Å². The van der Waals surface area contributed by atoms with Crippen molar-refractivity contribution in [1.29, 1.82) is 0 Å². The average molecular weight is 270 g/mol. The molecule has 0 fully saturated rings. The molecule has 21 heavy (non-hydrogen) atoms. The lowest BCUT2D eigenvalue weighted by Gasteiger charge is -2.02. The van der Waals surface area contributed by atoms with Crippen LogP contribution in [0, 0.1) is 0 Å². The van der Waals surface area contributed by atoms with Crippen molar-refractivity contribution in [3.8, 4) is 11.1 Å². The molecule has 0 saturated carbocycles. The molecular weight excluding hydrogens is 252 g/mol. The Morgan fingerprint density at radius 2 is 1.29 bits per heavy atom. The lowest BCUT2D eigenvalue weighted by atomic mass is 10.0. The topological polar surface area (TPSA) is 0 Å². The normalized spacial score (nSPS) is 10.9. The molecule has 0 nitrogen and oxygen atoms in total. The molecule has 0 aliphatic rings. The summed E-state index contributed by atoms with van der Waals surface area (Å²) in [4.78, 5) is 0. The number of hydrogen-bond donors (Lipinski definition) is 0. The maximum absolute atomic E-state index is 2.23. The van der Waals surface area contributed by atoms with Crippen LogP contribution in [0.2, 0.25) is 0 Å². The molecule has 0 bridgehead atoms. The first-order chi connectivity index (χ1) is 10.4. The van der Waals surface area contributed by atoms with E-state index in [1.165, 1.54) is 22.3 Å². The van der Waals surface area contributed by atoms with Gasteiger partial charge in [-0.25, -0.2) is 0 Å². The lowest BCUT2D eigenvalue weighted by molar-refractivity contribution is 1.28. The van der Waals surface area contributed by atoms with Crippen LogP contribution in [0.5, 0.6) is 0 Å². The first kappa shape index (κ1) is 13.4. The van der Waals surface area contributed by atoms with E-state index >= 15 is 0 Å². The summed E-state index contributed by atoms with van der Waals surface area (Å²) in [6.45, 7) is 0. The Labute approximate surface area is 126 Å². The number of benzene rings is 3. The molecule has 0 atom stereocenters. The van der Waals surface area contributed by atoms with Crippen LogP contribution in [0.4, 0.5) is 0 Å². The van der Waals surface area contributed by atoms with Gasteiger partial charge >= 0.3 is 0 Å². The lowest BCUT2D eigenvalue weighted by Crippen LogP contribution is -1.80. The van der Waals surface area contributed by atoms with Gasteiger partial charge in [0.1, 0.15) is 0 Å². The van der Waals surface area contributed by atoms with Crippen LogP contribution in [0.1, 0.15) is 11.1 Å². The van der Waals surface area contributed by atoms with Gasteiger partial charge < -0.3 is 0 Å². The standard InChI is InChI=1S/C21H18/c1-3-9-18(10-4-1)11-7-12-19-13-8-16-21(17-19)20-14-5-2-6-15-20/h1-10,12-17H,11H2/b12-7+. The highest BCUT2D eigenvalue weighted by Gasteiger charge is 1.96. The van der Waals surface area contributed by atoms with Crippen molar-refractivity contribution in [3.05, 3.63) is 102 Å². The third-order valence-corrected chi connectivity index (χ3v) is 3.50. The summed E-state index contributed by atoms with van der Waals surface area (Å²) in [5.74, 6) is 0. The summed E-state index contributed by atoms with van der Waals surface area (Å²) in [5.41, 5.74) is 5.11. The third kappa shape index (κ3) is 3.70. The number of hydrogen-bond acceptors (Lipinski definition) is 0. The fourth-order valence-corrected chi connectivity index (χ4v) is 2.40. The highest BCUT2D eigenvalue weighted by atomic mass is 14.0. The molecule has 3 rings (SSSR count). The maximum atomic E-state index is 2.23. The summed E-state index contributed by atoms with van der Waals surface area (Å²) in [6.07, 6.45) is 5.38. The van der Waals surface area contributed by atoms with Gasteiger partial charge in [0.15, 0.2) is 0 Å². The first-order valence-corrected chi connectivity index (χ1v) is 7.28. The molecule has 0 heterocycles. The van der Waals surface area contributed by atoms with Crippen LogP contribution in [0.3, 0.4) is 0 Å². The quantitative estimate of drug-likeness (QED) is 0.578. The van der Waals surface area contributed by atoms with Gasteiger partial charge in [0, 0.05) is 0 Å². The van der Waals surface area contributed by atoms with E-state index in [1.54, 1.807) is 0 Å². The largest absolute Gasteiger partial charge is 0.0795 e. The summed E-state index contributed by atoms with van der Waals surface area (Å²) >= 11 is 0. The summed E-state index contributed by atoms with van der Waals surface area (Å²) < 4.78 is 0. The average Bonchev–Trinajstić information content (AvgIpc) is 2.57. The predicted octanol–water partition coefficient (Wildman–Crippen LogP) is 5.61. The fourth-order valence-electron chi connectivity index (χ4n) is 2.40. The van der Waals surface area contributed by atoms with E-state index < -0.39 is 0 Å². The zero-order valence-corrected chi connectivity index (χ0v) is 11.9. The Balaban J connectivity index is 1.75. The molecule has 0 radical (unpaired) electrons. The predicted molar refractivity (Wildman–Crippen MR) is 91.1 cm³/mol. The molecule has 0 N–H and O–H groups in total. The van der Waals surface area contributed by atoms with Crippen molar-refractivity contribution in [2.45, 2.75) is 6.42 Å². The molecule has 0 amide bonds. The van der Waals surface area contributed by atoms with Gasteiger partial charge in [0.25, 0.3) is 0 Å². The molecule has 0 heteroatoms. The van der Waals surface area contributed by atoms with E-state index in [0.29, 0.717) is 0 Å². The van der Waals surface area contributed by atoms with Crippen molar-refractivity contribution in [2.75, 3.05) is 0 Å². The van der Waals surface area contributed by atoms with Gasteiger partial charge in [-0.2, -0.15) is 0 Å². The Bertz CT molecular complexity index is 709. The van der Waals surface area contributed by atoms with Gasteiger partial charge in [0.2, 0.25) is 0 Å². The van der Waals surface area contributed by atoms with Gasteiger partial charge in [-0.1, -0.05) is 91.0 Å². The Hall–Kier alpha value is -2.60. The minimum atomic E-state index is 0.969. The summed E-state index contributed by atoms with van der Waals surface area (Å²) in [6, 6.07) is 29.7. The number of rotatable bonds is 4. The van der Waals surface area contributed by atoms with Crippen molar-refractivity contribution in [1.82, 2.24) is 0 Å². The van der Waals surface area contributed by atoms with E-state index in [9.17, 15) is 0 Å². The van der Waals surface area contributed by atoms with Crippen molar-refractivity contribution in [3.63, 3.8) is 0 Å². The maximum Gasteiger partial charge on any atom is -0.00941 e. The van der Waals surface area contributed by atoms with Crippen LogP contribution in [-0.4, -0.2) is 0 Å². The minimum absolute atomic E-state index is 0.969. The second-order valence-electron chi connectivity index (χ2n) is 5.08. The Kier molecular flexibility index (Phi) is 4.28. The van der Waals surface area contributed by atoms with Crippen molar-refractivity contribution < 1.29 is 0 Å². The SMILES string of the molecule is C(=C\c1cccc(-c2ccccc2)c1)/Cc1ccccc1. The molecule has 3 aromatic carbocycles. The molecule has 3 aromatic rings. The first-order valence-electron chi connectivity index (χ1n) is 7.28. The number of allylic oxidation sites excluding steroid dienone is 1. The van der Waals surface area contributed by atoms with Gasteiger partial charge in [0.05, 0.1) is 0 Å². The Morgan fingerprint density at radius 1 is 0.619 bits per heavy atom. The van der Waals surface area contributed by atoms with E-state index in [2.05, 4.69) is 91.0 Å². The van der Waals surface area contributed by atoms with Crippen LogP contribution in [-0.2, 0) is 6.42 Å². The van der Waals surface area contributed by atoms with E-state index in [1.807, 2.05) is 6.07 Å². The third-order valence-electron chi connectivity index (χ3n) is 3.50. The van der Waals surface area contributed by atoms with Crippen LogP contribution >= 0.6 is 0 Å². The van der Waals surface area contributed by atoms with Gasteiger partial charge in [-0.3, -0.25) is 0 Å². The highest BCUT2D eigenvalue weighted by Crippen LogP contribution is 2.20. The molecule has 0 aromatic heterocycles. The minimum Gasteiger partial charge on any atom is -0.0795 e. The van der Waals surface area contributed by atoms with E-state index in [-0.39, 0.29) is 0 Å². The zero-order chi connectivity index (χ0) is 14.3. The second-order valence-corrected chi connectivity index (χ2v) is 5.08. The van der Waals surface area contributed by atoms with Crippen molar-refractivity contribution >= 4 is 6.08 Å². The molecule has 0 aliphatic heterocycles. The molecule has 0 saturated heterocycles.